The minimum atomic E-state index is -0.493. The molecule has 1 heterocycles. The molecule has 1 aromatic heterocycles. The largest absolute Gasteiger partial charge is 0.473 e. The minimum absolute atomic E-state index is 0.0352. The Morgan fingerprint density at radius 3 is 2.71 bits per heavy atom. The number of rotatable bonds is 9. The van der Waals surface area contributed by atoms with Crippen LogP contribution in [0.25, 0.3) is 0 Å². The molecule has 21 heavy (non-hydrogen) atoms. The van der Waals surface area contributed by atoms with E-state index in [1.807, 2.05) is 20.8 Å². The third-order valence-electron chi connectivity index (χ3n) is 3.09. The first-order valence-electron chi connectivity index (χ1n) is 6.97. The van der Waals surface area contributed by atoms with Crippen LogP contribution in [0.15, 0.2) is 12.1 Å². The average molecular weight is 297 g/mol. The summed E-state index contributed by atoms with van der Waals surface area (Å²) >= 11 is 0. The van der Waals surface area contributed by atoms with Crippen molar-refractivity contribution >= 4 is 11.5 Å². The van der Waals surface area contributed by atoms with Crippen LogP contribution in [-0.2, 0) is 4.74 Å². The van der Waals surface area contributed by atoms with Gasteiger partial charge in [-0.1, -0.05) is 6.92 Å². The second kappa shape index (κ2) is 7.78. The second-order valence-corrected chi connectivity index (χ2v) is 5.27. The van der Waals surface area contributed by atoms with Crippen LogP contribution in [0, 0.1) is 10.1 Å². The van der Waals surface area contributed by atoms with Crippen molar-refractivity contribution in [2.75, 3.05) is 25.6 Å². The number of aromatic nitrogens is 1. The van der Waals surface area contributed by atoms with Gasteiger partial charge in [0.25, 0.3) is 5.88 Å². The number of nitrogens with zero attached hydrogens (tertiary/aromatic N) is 2. The molecular formula is C14H23N3O4. The van der Waals surface area contributed by atoms with E-state index in [1.54, 1.807) is 13.2 Å². The standard InChI is InChI=1S/C14H23N3O4/c1-5-9-15-12-7-6-11(17(18)19)13(16-12)21-10-8-14(2,3)20-4/h6-7H,5,8-10H2,1-4H3,(H,15,16). The Balaban J connectivity index is 2.78. The number of hydrogen-bond donors (Lipinski definition) is 1. The highest BCUT2D eigenvalue weighted by Crippen LogP contribution is 2.27. The molecule has 0 aliphatic heterocycles. The number of hydrogen-bond acceptors (Lipinski definition) is 6. The fraction of sp³-hybridized carbons (Fsp3) is 0.643. The van der Waals surface area contributed by atoms with Crippen LogP contribution in [0.3, 0.4) is 0 Å². The van der Waals surface area contributed by atoms with Crippen molar-refractivity contribution in [1.29, 1.82) is 0 Å². The van der Waals surface area contributed by atoms with Crippen LogP contribution in [-0.4, -0.2) is 35.8 Å². The summed E-state index contributed by atoms with van der Waals surface area (Å²) in [5.74, 6) is 0.608. The van der Waals surface area contributed by atoms with Crippen molar-refractivity contribution in [3.05, 3.63) is 22.2 Å². The molecule has 1 N–H and O–H groups in total. The van der Waals surface area contributed by atoms with Crippen LogP contribution in [0.2, 0.25) is 0 Å². The Hall–Kier alpha value is -1.89. The molecule has 0 unspecified atom stereocenters. The van der Waals surface area contributed by atoms with E-state index >= 15 is 0 Å². The van der Waals surface area contributed by atoms with Gasteiger partial charge >= 0.3 is 5.69 Å². The molecule has 0 spiro atoms. The highest BCUT2D eigenvalue weighted by molar-refractivity contribution is 5.49. The van der Waals surface area contributed by atoms with Gasteiger partial charge in [0.1, 0.15) is 5.82 Å². The summed E-state index contributed by atoms with van der Waals surface area (Å²) in [4.78, 5) is 14.7. The SMILES string of the molecule is CCCNc1ccc([N+](=O)[O-])c(OCCC(C)(C)OC)n1. The van der Waals surface area contributed by atoms with Crippen LogP contribution >= 0.6 is 0 Å². The number of pyridine rings is 1. The smallest absolute Gasteiger partial charge is 0.331 e. The molecule has 0 saturated carbocycles. The fourth-order valence-electron chi connectivity index (χ4n) is 1.53. The van der Waals surface area contributed by atoms with Crippen molar-refractivity contribution in [3.8, 4) is 5.88 Å². The predicted molar refractivity (Wildman–Crippen MR) is 80.9 cm³/mol. The van der Waals surface area contributed by atoms with Gasteiger partial charge in [-0.3, -0.25) is 10.1 Å². The normalized spacial score (nSPS) is 11.2. The lowest BCUT2D eigenvalue weighted by atomic mass is 10.1. The summed E-state index contributed by atoms with van der Waals surface area (Å²) in [5.41, 5.74) is -0.473. The Labute approximate surface area is 124 Å². The lowest BCUT2D eigenvalue weighted by Gasteiger charge is -2.22. The summed E-state index contributed by atoms with van der Waals surface area (Å²) in [7, 11) is 1.62. The molecule has 0 amide bonds. The summed E-state index contributed by atoms with van der Waals surface area (Å²) in [6, 6.07) is 2.99. The molecule has 1 aromatic rings. The molecule has 7 heteroatoms. The maximum absolute atomic E-state index is 11.0. The molecular weight excluding hydrogens is 274 g/mol. The summed E-state index contributed by atoms with van der Waals surface area (Å²) in [6.45, 7) is 6.93. The summed E-state index contributed by atoms with van der Waals surface area (Å²) in [5, 5.41) is 14.1. The molecule has 118 valence electrons. The van der Waals surface area contributed by atoms with Gasteiger partial charge in [-0.15, -0.1) is 0 Å². The maximum atomic E-state index is 11.0. The Morgan fingerprint density at radius 1 is 1.43 bits per heavy atom. The van der Waals surface area contributed by atoms with Crippen molar-refractivity contribution < 1.29 is 14.4 Å². The van der Waals surface area contributed by atoms with Crippen molar-refractivity contribution in [1.82, 2.24) is 4.98 Å². The monoisotopic (exact) mass is 297 g/mol. The molecule has 7 nitrogen and oxygen atoms in total. The number of nitrogens with one attached hydrogen (secondary N) is 1. The van der Waals surface area contributed by atoms with E-state index in [4.69, 9.17) is 9.47 Å². The molecule has 0 bridgehead atoms. The highest BCUT2D eigenvalue weighted by atomic mass is 16.6. The van der Waals surface area contributed by atoms with Gasteiger partial charge in [0.15, 0.2) is 0 Å². The molecule has 0 aromatic carbocycles. The first-order valence-corrected chi connectivity index (χ1v) is 6.97. The van der Waals surface area contributed by atoms with E-state index in [-0.39, 0.29) is 17.2 Å². The zero-order valence-corrected chi connectivity index (χ0v) is 13.0. The van der Waals surface area contributed by atoms with Gasteiger partial charge in [-0.2, -0.15) is 4.98 Å². The topological polar surface area (TPSA) is 86.5 Å². The fourth-order valence-corrected chi connectivity index (χ4v) is 1.53. The van der Waals surface area contributed by atoms with Crippen molar-refractivity contribution in [2.24, 2.45) is 0 Å². The first-order chi connectivity index (χ1) is 9.89. The summed E-state index contributed by atoms with van der Waals surface area (Å²) < 4.78 is 10.8. The quantitative estimate of drug-likeness (QED) is 0.557. The van der Waals surface area contributed by atoms with E-state index in [9.17, 15) is 10.1 Å². The molecule has 0 atom stereocenters. The molecule has 1 rings (SSSR count). The summed E-state index contributed by atoms with van der Waals surface area (Å²) in [6.07, 6.45) is 1.55. The number of ether oxygens (including phenoxy) is 2. The van der Waals surface area contributed by atoms with Crippen molar-refractivity contribution in [2.45, 2.75) is 39.2 Å². The zero-order valence-electron chi connectivity index (χ0n) is 13.0. The highest BCUT2D eigenvalue weighted by Gasteiger charge is 2.20. The third kappa shape index (κ3) is 5.55. The average Bonchev–Trinajstić information content (AvgIpc) is 2.44. The number of methoxy groups -OCH3 is 1. The Kier molecular flexibility index (Phi) is 6.36. The van der Waals surface area contributed by atoms with Gasteiger partial charge in [-0.25, -0.2) is 0 Å². The lowest BCUT2D eigenvalue weighted by molar-refractivity contribution is -0.386. The molecule has 0 saturated heterocycles. The Morgan fingerprint density at radius 2 is 2.14 bits per heavy atom. The van der Waals surface area contributed by atoms with E-state index in [1.165, 1.54) is 6.07 Å². The number of nitro groups is 1. The van der Waals surface area contributed by atoms with Gasteiger partial charge < -0.3 is 14.8 Å². The van der Waals surface area contributed by atoms with Crippen LogP contribution < -0.4 is 10.1 Å². The van der Waals surface area contributed by atoms with Crippen LogP contribution in [0.4, 0.5) is 11.5 Å². The molecule has 0 aliphatic rings. The van der Waals surface area contributed by atoms with Gasteiger partial charge in [-0.05, 0) is 26.3 Å². The minimum Gasteiger partial charge on any atom is -0.473 e. The third-order valence-corrected chi connectivity index (χ3v) is 3.09. The molecule has 0 aliphatic carbocycles. The maximum Gasteiger partial charge on any atom is 0.331 e. The van der Waals surface area contributed by atoms with Crippen molar-refractivity contribution in [3.63, 3.8) is 0 Å². The molecule has 0 radical (unpaired) electrons. The van der Waals surface area contributed by atoms with Crippen LogP contribution in [0.5, 0.6) is 5.88 Å². The Bertz CT molecular complexity index is 477. The van der Waals surface area contributed by atoms with Gasteiger partial charge in [0.05, 0.1) is 17.1 Å². The van der Waals surface area contributed by atoms with E-state index in [0.29, 0.717) is 18.8 Å². The van der Waals surface area contributed by atoms with Gasteiger partial charge in [0, 0.05) is 26.1 Å². The predicted octanol–water partition coefficient (Wildman–Crippen LogP) is 3.01. The van der Waals surface area contributed by atoms with Gasteiger partial charge in [0.2, 0.25) is 0 Å². The lowest BCUT2D eigenvalue weighted by Crippen LogP contribution is -2.25. The van der Waals surface area contributed by atoms with Crippen LogP contribution in [0.1, 0.15) is 33.6 Å². The zero-order chi connectivity index (χ0) is 15.9. The van der Waals surface area contributed by atoms with E-state index < -0.39 is 4.92 Å². The van der Waals surface area contributed by atoms with E-state index in [0.717, 1.165) is 13.0 Å². The first kappa shape index (κ1) is 17.2. The number of anilines is 1. The molecule has 0 fully saturated rings. The van der Waals surface area contributed by atoms with E-state index in [2.05, 4.69) is 10.3 Å². The second-order valence-electron chi connectivity index (χ2n) is 5.27.